The fourth-order valence-corrected chi connectivity index (χ4v) is 0.920. The average Bonchev–Trinajstić information content (AvgIpc) is 2.73. The molecule has 1 N–H and O–H groups in total. The van der Waals surface area contributed by atoms with Gasteiger partial charge in [0.25, 0.3) is 11.0 Å². The Morgan fingerprint density at radius 1 is 1.41 bits per heavy atom. The van der Waals surface area contributed by atoms with E-state index in [0.717, 1.165) is 12.1 Å². The van der Waals surface area contributed by atoms with Crippen LogP contribution in [0.2, 0.25) is 0 Å². The molecule has 0 spiro atoms. The van der Waals surface area contributed by atoms with E-state index in [-0.39, 0.29) is 18.9 Å². The number of carbonyl (C=O) groups is 1. The number of amides is 1. The summed E-state index contributed by atoms with van der Waals surface area (Å²) in [6, 6.07) is 2.16. The minimum atomic E-state index is -0.996. The summed E-state index contributed by atoms with van der Waals surface area (Å²) in [7, 11) is 0. The average molecular weight is 245 g/mol. The molecule has 92 valence electrons. The van der Waals surface area contributed by atoms with Gasteiger partial charge in [-0.3, -0.25) is 14.9 Å². The summed E-state index contributed by atoms with van der Waals surface area (Å²) >= 11 is 0. The summed E-state index contributed by atoms with van der Waals surface area (Å²) in [6.45, 7) is -0.435. The van der Waals surface area contributed by atoms with Crippen LogP contribution in [-0.2, 0) is 4.84 Å². The standard InChI is InChI=1S/C7H7N3O7/c11-7(8-3-4-16-10(14)15)5-1-2-6(17-5)9(12)13/h1-2H,3-4H2,(H,8,11). The number of furan rings is 1. The Labute approximate surface area is 93.4 Å². The molecule has 1 heterocycles. The quantitative estimate of drug-likeness (QED) is 0.426. The monoisotopic (exact) mass is 245 g/mol. The van der Waals surface area contributed by atoms with Crippen molar-refractivity contribution in [1.82, 2.24) is 5.32 Å². The van der Waals surface area contributed by atoms with Crippen molar-refractivity contribution in [3.8, 4) is 0 Å². The van der Waals surface area contributed by atoms with Crippen molar-refractivity contribution in [3.05, 3.63) is 38.1 Å². The predicted molar refractivity (Wildman–Crippen MR) is 50.6 cm³/mol. The molecule has 0 saturated carbocycles. The van der Waals surface area contributed by atoms with Gasteiger partial charge in [0.05, 0.1) is 6.07 Å². The van der Waals surface area contributed by atoms with Gasteiger partial charge in [-0.1, -0.05) is 0 Å². The third-order valence-electron chi connectivity index (χ3n) is 1.58. The summed E-state index contributed by atoms with van der Waals surface area (Å²) in [4.78, 5) is 34.5. The SMILES string of the molecule is O=C(NCCO[N+](=O)[O-])c1ccc([N+](=O)[O-])o1. The van der Waals surface area contributed by atoms with E-state index >= 15 is 0 Å². The highest BCUT2D eigenvalue weighted by molar-refractivity contribution is 5.91. The second-order valence-corrected chi connectivity index (χ2v) is 2.71. The first kappa shape index (κ1) is 12.4. The molecule has 0 fully saturated rings. The molecule has 17 heavy (non-hydrogen) atoms. The molecule has 1 aromatic heterocycles. The number of hydrogen-bond acceptors (Lipinski definition) is 7. The van der Waals surface area contributed by atoms with E-state index in [9.17, 15) is 25.0 Å². The first-order chi connectivity index (χ1) is 8.00. The van der Waals surface area contributed by atoms with Crippen LogP contribution in [0.5, 0.6) is 0 Å². The molecule has 0 atom stereocenters. The first-order valence-electron chi connectivity index (χ1n) is 4.30. The Morgan fingerprint density at radius 2 is 2.12 bits per heavy atom. The lowest BCUT2D eigenvalue weighted by molar-refractivity contribution is -0.757. The number of nitro groups is 1. The van der Waals surface area contributed by atoms with Crippen LogP contribution in [0.1, 0.15) is 10.6 Å². The van der Waals surface area contributed by atoms with Crippen molar-refractivity contribution in [2.24, 2.45) is 0 Å². The van der Waals surface area contributed by atoms with Gasteiger partial charge in [-0.2, -0.15) is 0 Å². The zero-order chi connectivity index (χ0) is 12.8. The summed E-state index contributed by atoms with van der Waals surface area (Å²) < 4.78 is 4.60. The van der Waals surface area contributed by atoms with E-state index in [2.05, 4.69) is 14.6 Å². The molecule has 0 unspecified atom stereocenters. The van der Waals surface area contributed by atoms with E-state index < -0.39 is 21.8 Å². The number of nitrogens with one attached hydrogen (secondary N) is 1. The van der Waals surface area contributed by atoms with Crippen molar-refractivity contribution in [3.63, 3.8) is 0 Å². The summed E-state index contributed by atoms with van der Waals surface area (Å²) in [5.41, 5.74) is 0. The molecule has 1 rings (SSSR count). The van der Waals surface area contributed by atoms with E-state index in [0.29, 0.717) is 0 Å². The summed E-state index contributed by atoms with van der Waals surface area (Å²) in [5.74, 6) is -1.53. The normalized spacial score (nSPS) is 9.65. The van der Waals surface area contributed by atoms with Crippen LogP contribution < -0.4 is 5.32 Å². The van der Waals surface area contributed by atoms with Crippen molar-refractivity contribution >= 4 is 11.8 Å². The maximum atomic E-state index is 11.3. The van der Waals surface area contributed by atoms with Gasteiger partial charge in [0.2, 0.25) is 0 Å². The largest absolute Gasteiger partial charge is 0.433 e. The predicted octanol–water partition coefficient (Wildman–Crippen LogP) is 0.126. The van der Waals surface area contributed by atoms with Crippen LogP contribution in [0.15, 0.2) is 16.5 Å². The van der Waals surface area contributed by atoms with Gasteiger partial charge in [-0.25, -0.2) is 0 Å². The van der Waals surface area contributed by atoms with Crippen LogP contribution in [0, 0.1) is 20.2 Å². The van der Waals surface area contributed by atoms with Crippen molar-refractivity contribution in [2.75, 3.05) is 13.2 Å². The molecule has 0 aliphatic carbocycles. The van der Waals surface area contributed by atoms with Gasteiger partial charge in [-0.15, -0.1) is 10.1 Å². The lowest BCUT2D eigenvalue weighted by Gasteiger charge is -2.00. The second-order valence-electron chi connectivity index (χ2n) is 2.71. The van der Waals surface area contributed by atoms with Crippen molar-refractivity contribution in [1.29, 1.82) is 0 Å². The third-order valence-corrected chi connectivity index (χ3v) is 1.58. The molecular weight excluding hydrogens is 238 g/mol. The maximum absolute atomic E-state index is 11.3. The van der Waals surface area contributed by atoms with Gasteiger partial charge >= 0.3 is 5.88 Å². The second kappa shape index (κ2) is 5.44. The highest BCUT2D eigenvalue weighted by Crippen LogP contribution is 2.15. The van der Waals surface area contributed by atoms with Crippen LogP contribution >= 0.6 is 0 Å². The van der Waals surface area contributed by atoms with Gasteiger partial charge in [0.1, 0.15) is 11.5 Å². The highest BCUT2D eigenvalue weighted by Gasteiger charge is 2.16. The smallest absolute Gasteiger partial charge is 0.395 e. The number of hydrogen-bond donors (Lipinski definition) is 1. The molecule has 10 nitrogen and oxygen atoms in total. The molecule has 1 amide bonds. The van der Waals surface area contributed by atoms with E-state index in [4.69, 9.17) is 0 Å². The van der Waals surface area contributed by atoms with Gasteiger partial charge in [-0.05, 0) is 6.07 Å². The lowest BCUT2D eigenvalue weighted by Crippen LogP contribution is -2.27. The van der Waals surface area contributed by atoms with Gasteiger partial charge in [0.15, 0.2) is 5.76 Å². The Balaban J connectivity index is 2.41. The Morgan fingerprint density at radius 3 is 2.65 bits per heavy atom. The Kier molecular flexibility index (Phi) is 3.97. The molecule has 0 aromatic carbocycles. The first-order valence-corrected chi connectivity index (χ1v) is 4.30. The summed E-state index contributed by atoms with van der Waals surface area (Å²) in [5, 5.41) is 21.3. The Bertz CT molecular complexity index is 440. The number of carbonyl (C=O) groups excluding carboxylic acids is 1. The zero-order valence-electron chi connectivity index (χ0n) is 8.32. The molecule has 0 aliphatic rings. The van der Waals surface area contributed by atoms with E-state index in [1.54, 1.807) is 0 Å². The molecule has 0 saturated heterocycles. The zero-order valence-corrected chi connectivity index (χ0v) is 8.32. The summed E-state index contributed by atoms with van der Waals surface area (Å²) in [6.07, 6.45) is 0. The topological polar surface area (TPSA) is 138 Å². The Hall–Kier alpha value is -2.65. The minimum absolute atomic E-state index is 0.117. The molecule has 10 heteroatoms. The fraction of sp³-hybridized carbons (Fsp3) is 0.286. The number of nitrogens with zero attached hydrogens (tertiary/aromatic N) is 2. The molecule has 0 aliphatic heterocycles. The fourth-order valence-electron chi connectivity index (χ4n) is 0.920. The van der Waals surface area contributed by atoms with Crippen LogP contribution in [-0.4, -0.2) is 29.1 Å². The van der Waals surface area contributed by atoms with Crippen LogP contribution in [0.25, 0.3) is 0 Å². The lowest BCUT2D eigenvalue weighted by atomic mass is 10.4. The maximum Gasteiger partial charge on any atom is 0.433 e. The minimum Gasteiger partial charge on any atom is -0.395 e. The molecular formula is C7H7N3O7. The third kappa shape index (κ3) is 3.77. The number of rotatable bonds is 6. The molecule has 0 bridgehead atoms. The van der Waals surface area contributed by atoms with Gasteiger partial charge < -0.3 is 14.6 Å². The molecule has 1 aromatic rings. The van der Waals surface area contributed by atoms with Crippen molar-refractivity contribution in [2.45, 2.75) is 0 Å². The van der Waals surface area contributed by atoms with E-state index in [1.165, 1.54) is 0 Å². The van der Waals surface area contributed by atoms with Gasteiger partial charge in [0, 0.05) is 6.54 Å². The van der Waals surface area contributed by atoms with Crippen molar-refractivity contribution < 1.29 is 24.1 Å². The van der Waals surface area contributed by atoms with Crippen LogP contribution in [0.3, 0.4) is 0 Å². The van der Waals surface area contributed by atoms with E-state index in [1.807, 2.05) is 0 Å². The highest BCUT2D eigenvalue weighted by atomic mass is 16.9. The molecule has 0 radical (unpaired) electrons. The van der Waals surface area contributed by atoms with Crippen LogP contribution in [0.4, 0.5) is 5.88 Å².